The number of piperazine rings is 1. The Kier molecular flexibility index (Phi) is 9.44. The van der Waals surface area contributed by atoms with E-state index >= 15 is 0 Å². The van der Waals surface area contributed by atoms with E-state index in [1.807, 2.05) is 16.7 Å². The van der Waals surface area contributed by atoms with Gasteiger partial charge < -0.3 is 14.8 Å². The van der Waals surface area contributed by atoms with Crippen molar-refractivity contribution in [3.05, 3.63) is 52.3 Å². The fourth-order valence-corrected chi connectivity index (χ4v) is 7.37. The van der Waals surface area contributed by atoms with E-state index in [-0.39, 0.29) is 19.1 Å². The summed E-state index contributed by atoms with van der Waals surface area (Å²) in [6.07, 6.45) is -2.49. The Morgan fingerprint density at radius 1 is 1.04 bits per heavy atom. The number of anilines is 1. The Labute approximate surface area is 268 Å². The number of benzene rings is 1. The summed E-state index contributed by atoms with van der Waals surface area (Å²) < 4.78 is 53.0. The number of carbonyl (C=O) groups excluding carboxylic acids is 1. The molecule has 5 heterocycles. The van der Waals surface area contributed by atoms with Crippen molar-refractivity contribution in [1.29, 1.82) is 5.26 Å². The molecule has 0 radical (unpaired) electrons. The molecule has 4 aromatic rings. The number of aromatic nitrogens is 3. The van der Waals surface area contributed by atoms with Crippen molar-refractivity contribution < 1.29 is 22.4 Å². The van der Waals surface area contributed by atoms with E-state index in [2.05, 4.69) is 50.2 Å². The highest BCUT2D eigenvalue weighted by molar-refractivity contribution is 7.18. The third kappa shape index (κ3) is 7.11. The standard InChI is InChI=1S/C32H36F4N8OS/c1-21-22(19-42-6-4-23(5-7-42)40-30-27-15-25(17-33)46-31(27)39-20-38-30)2-3-28-26(21)14-24(18-37)44(28)13-10-41-8-11-43(12-9-41)29(45)16-32(34,35)36/h2-3,14-15,20,23H,4-13,16-17,19H2,1H3,(H,38,39,40). The minimum Gasteiger partial charge on any atom is -0.367 e. The Morgan fingerprint density at radius 3 is 2.50 bits per heavy atom. The number of thiophene rings is 1. The highest BCUT2D eigenvalue weighted by Gasteiger charge is 2.34. The molecule has 0 atom stereocenters. The predicted molar refractivity (Wildman–Crippen MR) is 169 cm³/mol. The molecule has 0 unspecified atom stereocenters. The van der Waals surface area contributed by atoms with E-state index in [4.69, 9.17) is 0 Å². The molecule has 0 saturated carbocycles. The zero-order chi connectivity index (χ0) is 32.4. The predicted octanol–water partition coefficient (Wildman–Crippen LogP) is 5.47. The number of halogens is 4. The summed E-state index contributed by atoms with van der Waals surface area (Å²) in [5.41, 5.74) is 3.92. The summed E-state index contributed by atoms with van der Waals surface area (Å²) in [7, 11) is 0. The SMILES string of the molecule is Cc1c(CN2CCC(Nc3ncnc4sc(CF)cc34)CC2)ccc2c1cc(C#N)n2CCN1CCN(C(=O)CC(F)(F)F)CC1. The van der Waals surface area contributed by atoms with Crippen LogP contribution in [0.4, 0.5) is 23.4 Å². The molecule has 244 valence electrons. The Bertz CT molecular complexity index is 1750. The van der Waals surface area contributed by atoms with Gasteiger partial charge in [-0.25, -0.2) is 14.4 Å². The van der Waals surface area contributed by atoms with Crippen LogP contribution in [0.3, 0.4) is 0 Å². The summed E-state index contributed by atoms with van der Waals surface area (Å²) >= 11 is 1.36. The van der Waals surface area contributed by atoms with E-state index < -0.39 is 25.2 Å². The van der Waals surface area contributed by atoms with Crippen LogP contribution in [-0.4, -0.2) is 93.2 Å². The minimum atomic E-state index is -4.50. The lowest BCUT2D eigenvalue weighted by Crippen LogP contribution is -2.50. The second-order valence-corrected chi connectivity index (χ2v) is 13.2. The van der Waals surface area contributed by atoms with Crippen LogP contribution in [0, 0.1) is 18.3 Å². The molecule has 9 nitrogen and oxygen atoms in total. The van der Waals surface area contributed by atoms with Crippen molar-refractivity contribution in [2.24, 2.45) is 0 Å². The lowest BCUT2D eigenvalue weighted by Gasteiger charge is -2.35. The second-order valence-electron chi connectivity index (χ2n) is 12.1. The molecule has 0 bridgehead atoms. The number of fused-ring (bicyclic) bond motifs is 2. The number of hydrogen-bond acceptors (Lipinski definition) is 8. The number of nitrogens with one attached hydrogen (secondary N) is 1. The van der Waals surface area contributed by atoms with Gasteiger partial charge in [-0.2, -0.15) is 18.4 Å². The summed E-state index contributed by atoms with van der Waals surface area (Å²) in [5, 5.41) is 15.4. The van der Waals surface area contributed by atoms with Crippen LogP contribution in [0.25, 0.3) is 21.1 Å². The van der Waals surface area contributed by atoms with Crippen molar-refractivity contribution in [3.63, 3.8) is 0 Å². The van der Waals surface area contributed by atoms with Gasteiger partial charge in [-0.15, -0.1) is 11.3 Å². The maximum atomic E-state index is 13.2. The number of carbonyl (C=O) groups is 1. The number of hydrogen-bond donors (Lipinski definition) is 1. The molecular weight excluding hydrogens is 620 g/mol. The summed E-state index contributed by atoms with van der Waals surface area (Å²) in [5.74, 6) is -0.115. The number of nitriles is 1. The molecule has 1 aromatic carbocycles. The molecule has 1 N–H and O–H groups in total. The normalized spacial score (nSPS) is 17.2. The zero-order valence-electron chi connectivity index (χ0n) is 25.6. The van der Waals surface area contributed by atoms with Gasteiger partial charge in [0, 0.05) is 80.7 Å². The van der Waals surface area contributed by atoms with Crippen molar-refractivity contribution in [1.82, 2.24) is 29.2 Å². The molecule has 2 aliphatic rings. The fraction of sp³-hybridized carbons (Fsp3) is 0.500. The van der Waals surface area contributed by atoms with E-state index in [9.17, 15) is 27.6 Å². The van der Waals surface area contributed by atoms with Crippen LogP contribution in [0.1, 0.15) is 41.0 Å². The van der Waals surface area contributed by atoms with Gasteiger partial charge in [-0.3, -0.25) is 14.6 Å². The average molecular weight is 657 g/mol. The van der Waals surface area contributed by atoms with Crippen LogP contribution in [0.2, 0.25) is 0 Å². The van der Waals surface area contributed by atoms with Gasteiger partial charge in [-0.1, -0.05) is 6.07 Å². The van der Waals surface area contributed by atoms with E-state index in [0.717, 1.165) is 65.0 Å². The molecule has 6 rings (SSSR count). The summed E-state index contributed by atoms with van der Waals surface area (Å²) in [6, 6.07) is 10.6. The summed E-state index contributed by atoms with van der Waals surface area (Å²) in [4.78, 5) is 27.9. The number of alkyl halides is 4. The molecule has 2 aliphatic heterocycles. The number of amides is 1. The van der Waals surface area contributed by atoms with Crippen molar-refractivity contribution in [2.45, 2.75) is 58.2 Å². The van der Waals surface area contributed by atoms with Crippen LogP contribution in [0.5, 0.6) is 0 Å². The van der Waals surface area contributed by atoms with Crippen LogP contribution in [0.15, 0.2) is 30.6 Å². The first-order chi connectivity index (χ1) is 22.1. The fourth-order valence-electron chi connectivity index (χ4n) is 6.53. The largest absolute Gasteiger partial charge is 0.397 e. The number of piperidine rings is 1. The topological polar surface area (TPSA) is 93.3 Å². The average Bonchev–Trinajstić information content (AvgIpc) is 3.64. The number of likely N-dealkylation sites (tertiary alicyclic amines) is 1. The van der Waals surface area contributed by atoms with E-state index in [0.29, 0.717) is 36.8 Å². The first kappa shape index (κ1) is 32.2. The third-order valence-corrected chi connectivity index (χ3v) is 10.1. The van der Waals surface area contributed by atoms with Gasteiger partial charge in [-0.05, 0) is 49.1 Å². The van der Waals surface area contributed by atoms with Crippen molar-refractivity contribution in [3.8, 4) is 6.07 Å². The minimum absolute atomic E-state index is 0.266. The molecule has 3 aromatic heterocycles. The maximum Gasteiger partial charge on any atom is 0.397 e. The van der Waals surface area contributed by atoms with Crippen LogP contribution < -0.4 is 5.32 Å². The lowest BCUT2D eigenvalue weighted by molar-refractivity contribution is -0.162. The quantitative estimate of drug-likeness (QED) is 0.239. The Morgan fingerprint density at radius 2 is 1.80 bits per heavy atom. The number of rotatable bonds is 9. The van der Waals surface area contributed by atoms with E-state index in [1.54, 1.807) is 0 Å². The Hall–Kier alpha value is -3.80. The van der Waals surface area contributed by atoms with Gasteiger partial charge in [0.25, 0.3) is 0 Å². The van der Waals surface area contributed by atoms with Gasteiger partial charge in [0.2, 0.25) is 5.91 Å². The molecule has 14 heteroatoms. The molecule has 2 fully saturated rings. The first-order valence-corrected chi connectivity index (χ1v) is 16.3. The van der Waals surface area contributed by atoms with Gasteiger partial charge in [0.1, 0.15) is 41.8 Å². The molecule has 2 saturated heterocycles. The molecule has 1 amide bonds. The Balaban J connectivity index is 1.04. The zero-order valence-corrected chi connectivity index (χ0v) is 26.4. The monoisotopic (exact) mass is 656 g/mol. The third-order valence-electron chi connectivity index (χ3n) is 9.13. The summed E-state index contributed by atoms with van der Waals surface area (Å²) in [6.45, 7) is 6.97. The van der Waals surface area contributed by atoms with E-state index in [1.165, 1.54) is 28.1 Å². The lowest BCUT2D eigenvalue weighted by atomic mass is 10.0. The molecule has 0 spiro atoms. The van der Waals surface area contributed by atoms with Crippen molar-refractivity contribution >= 4 is 44.2 Å². The number of aryl methyl sites for hydroxylation is 1. The highest BCUT2D eigenvalue weighted by Crippen LogP contribution is 2.31. The van der Waals surface area contributed by atoms with Gasteiger partial charge >= 0.3 is 6.18 Å². The second kappa shape index (κ2) is 13.5. The highest BCUT2D eigenvalue weighted by atomic mass is 32.1. The first-order valence-electron chi connectivity index (χ1n) is 15.5. The maximum absolute atomic E-state index is 13.2. The van der Waals surface area contributed by atoms with Crippen LogP contribution >= 0.6 is 11.3 Å². The smallest absolute Gasteiger partial charge is 0.367 e. The molecule has 0 aliphatic carbocycles. The van der Waals surface area contributed by atoms with Gasteiger partial charge in [0.15, 0.2) is 0 Å². The number of nitrogens with zero attached hydrogens (tertiary/aromatic N) is 7. The molecular formula is C32H36F4N8OS. The van der Waals surface area contributed by atoms with Gasteiger partial charge in [0.05, 0.1) is 5.39 Å². The molecule has 46 heavy (non-hydrogen) atoms. The van der Waals surface area contributed by atoms with Crippen LogP contribution in [-0.2, 0) is 24.6 Å². The van der Waals surface area contributed by atoms with Crippen molar-refractivity contribution in [2.75, 3.05) is 51.1 Å².